The number of nitrogens with one attached hydrogen (secondary N) is 2. The molecule has 0 fully saturated rings. The maximum atomic E-state index is 12.4. The van der Waals surface area contributed by atoms with Crippen molar-refractivity contribution in [2.75, 3.05) is 13.2 Å². The molecule has 0 radical (unpaired) electrons. The Kier molecular flexibility index (Phi) is 7.46. The smallest absolute Gasteiger partial charge is 0.338 e. The van der Waals surface area contributed by atoms with Gasteiger partial charge in [0.25, 0.3) is 17.7 Å². The summed E-state index contributed by atoms with van der Waals surface area (Å²) >= 11 is 0. The standard InChI is InChI=1S/C20H25N3O6/c1-4-6-9-23-17(25)14-8-7-13(10-15(14)18(23)26)19(27)29-11-16(24)22-20(28)21-12(3)5-2/h7-8,10,12H,4-6,9,11H2,1-3H3,(H2,21,22,24,28)/t12-/m1/s1. The van der Waals surface area contributed by atoms with Crippen LogP contribution in [-0.2, 0) is 9.53 Å². The highest BCUT2D eigenvalue weighted by Crippen LogP contribution is 2.24. The van der Waals surface area contributed by atoms with Crippen LogP contribution in [0.15, 0.2) is 18.2 Å². The van der Waals surface area contributed by atoms with Gasteiger partial charge in [-0.2, -0.15) is 0 Å². The average Bonchev–Trinajstić information content (AvgIpc) is 2.93. The van der Waals surface area contributed by atoms with Gasteiger partial charge in [0.05, 0.1) is 16.7 Å². The van der Waals surface area contributed by atoms with Gasteiger partial charge in [0, 0.05) is 12.6 Å². The van der Waals surface area contributed by atoms with Crippen LogP contribution in [0, 0.1) is 0 Å². The first-order valence-corrected chi connectivity index (χ1v) is 9.56. The summed E-state index contributed by atoms with van der Waals surface area (Å²) in [5.74, 6) is -2.45. The third-order valence-corrected chi connectivity index (χ3v) is 4.52. The molecule has 156 valence electrons. The van der Waals surface area contributed by atoms with Crippen molar-refractivity contribution >= 4 is 29.7 Å². The van der Waals surface area contributed by atoms with Crippen LogP contribution in [0.2, 0.25) is 0 Å². The van der Waals surface area contributed by atoms with E-state index >= 15 is 0 Å². The number of rotatable bonds is 8. The van der Waals surface area contributed by atoms with E-state index in [1.807, 2.05) is 13.8 Å². The number of fused-ring (bicyclic) bond motifs is 1. The molecule has 1 heterocycles. The van der Waals surface area contributed by atoms with Gasteiger partial charge in [0.15, 0.2) is 6.61 Å². The molecule has 0 spiro atoms. The van der Waals surface area contributed by atoms with Crippen LogP contribution in [0.1, 0.15) is 71.1 Å². The lowest BCUT2D eigenvalue weighted by Crippen LogP contribution is -2.44. The van der Waals surface area contributed by atoms with Gasteiger partial charge in [-0.25, -0.2) is 9.59 Å². The summed E-state index contributed by atoms with van der Waals surface area (Å²) in [4.78, 5) is 61.4. The van der Waals surface area contributed by atoms with Gasteiger partial charge in [-0.1, -0.05) is 20.3 Å². The van der Waals surface area contributed by atoms with E-state index in [0.29, 0.717) is 19.4 Å². The Hall–Kier alpha value is -3.23. The van der Waals surface area contributed by atoms with Crippen molar-refractivity contribution in [2.24, 2.45) is 0 Å². The van der Waals surface area contributed by atoms with Crippen LogP contribution in [-0.4, -0.2) is 53.8 Å². The quantitative estimate of drug-likeness (QED) is 0.505. The van der Waals surface area contributed by atoms with Crippen molar-refractivity contribution < 1.29 is 28.7 Å². The molecule has 9 nitrogen and oxygen atoms in total. The van der Waals surface area contributed by atoms with Crippen LogP contribution < -0.4 is 10.6 Å². The zero-order valence-electron chi connectivity index (χ0n) is 16.7. The lowest BCUT2D eigenvalue weighted by molar-refractivity contribution is -0.123. The third-order valence-electron chi connectivity index (χ3n) is 4.52. The molecule has 1 aromatic rings. The molecule has 9 heteroatoms. The van der Waals surface area contributed by atoms with Gasteiger partial charge >= 0.3 is 12.0 Å². The van der Waals surface area contributed by atoms with Gasteiger partial charge in [-0.3, -0.25) is 24.6 Å². The SMILES string of the molecule is CCCCN1C(=O)c2ccc(C(=O)OCC(=O)NC(=O)N[C@H](C)CC)cc2C1=O. The molecule has 1 aliphatic heterocycles. The Morgan fingerprint density at radius 2 is 1.79 bits per heavy atom. The summed E-state index contributed by atoms with van der Waals surface area (Å²) in [5.41, 5.74) is 0.416. The highest BCUT2D eigenvalue weighted by Gasteiger charge is 2.35. The molecule has 0 saturated carbocycles. The summed E-state index contributed by atoms with van der Waals surface area (Å²) < 4.78 is 4.89. The number of hydrogen-bond donors (Lipinski definition) is 2. The fourth-order valence-corrected chi connectivity index (χ4v) is 2.68. The van der Waals surface area contributed by atoms with Gasteiger partial charge in [-0.15, -0.1) is 0 Å². The molecule has 0 bridgehead atoms. The minimum atomic E-state index is -0.836. The van der Waals surface area contributed by atoms with Gasteiger partial charge in [0.1, 0.15) is 0 Å². The molecule has 0 aromatic heterocycles. The highest BCUT2D eigenvalue weighted by atomic mass is 16.5. The van der Waals surface area contributed by atoms with Crippen LogP contribution in [0.5, 0.6) is 0 Å². The number of unbranched alkanes of at least 4 members (excludes halogenated alkanes) is 1. The lowest BCUT2D eigenvalue weighted by Gasteiger charge is -2.12. The fraction of sp³-hybridized carbons (Fsp3) is 0.450. The highest BCUT2D eigenvalue weighted by molar-refractivity contribution is 6.22. The van der Waals surface area contributed by atoms with Gasteiger partial charge < -0.3 is 10.1 Å². The maximum Gasteiger partial charge on any atom is 0.338 e. The van der Waals surface area contributed by atoms with Crippen LogP contribution >= 0.6 is 0 Å². The monoisotopic (exact) mass is 403 g/mol. The number of urea groups is 1. The van der Waals surface area contributed by atoms with Crippen molar-refractivity contribution in [1.29, 1.82) is 0 Å². The molecule has 1 aliphatic rings. The molecule has 0 aliphatic carbocycles. The van der Waals surface area contributed by atoms with E-state index in [2.05, 4.69) is 10.6 Å². The van der Waals surface area contributed by atoms with Crippen molar-refractivity contribution in [3.63, 3.8) is 0 Å². The number of hydrogen-bond acceptors (Lipinski definition) is 6. The number of benzene rings is 1. The van der Waals surface area contributed by atoms with E-state index in [9.17, 15) is 24.0 Å². The van der Waals surface area contributed by atoms with Gasteiger partial charge in [-0.05, 0) is 38.0 Å². The largest absolute Gasteiger partial charge is 0.452 e. The van der Waals surface area contributed by atoms with Crippen LogP contribution in [0.4, 0.5) is 4.79 Å². The van der Waals surface area contributed by atoms with E-state index in [0.717, 1.165) is 11.3 Å². The summed E-state index contributed by atoms with van der Waals surface area (Å²) in [6, 6.07) is 3.28. The zero-order valence-corrected chi connectivity index (χ0v) is 16.7. The van der Waals surface area contributed by atoms with E-state index in [-0.39, 0.29) is 28.6 Å². The Labute approximate surface area is 168 Å². The molecule has 1 atom stereocenters. The minimum Gasteiger partial charge on any atom is -0.452 e. The number of carbonyl (C=O) groups is 5. The molecular formula is C20H25N3O6. The van der Waals surface area contributed by atoms with Crippen LogP contribution in [0.25, 0.3) is 0 Å². The summed E-state index contributed by atoms with van der Waals surface area (Å²) in [6.07, 6.45) is 2.23. The van der Waals surface area contributed by atoms with E-state index in [1.54, 1.807) is 6.92 Å². The summed E-state index contributed by atoms with van der Waals surface area (Å²) in [6.45, 7) is 5.29. The van der Waals surface area contributed by atoms with Crippen molar-refractivity contribution in [2.45, 2.75) is 46.1 Å². The Balaban J connectivity index is 1.96. The zero-order chi connectivity index (χ0) is 21.6. The number of carbonyl (C=O) groups excluding carboxylic acids is 5. The van der Waals surface area contributed by atoms with E-state index in [1.165, 1.54) is 18.2 Å². The average molecular weight is 403 g/mol. The number of nitrogens with zero attached hydrogens (tertiary/aromatic N) is 1. The topological polar surface area (TPSA) is 122 Å². The second-order valence-corrected chi connectivity index (χ2v) is 6.78. The third kappa shape index (κ3) is 5.40. The number of esters is 1. The first-order chi connectivity index (χ1) is 13.8. The normalized spacial score (nSPS) is 13.7. The molecular weight excluding hydrogens is 378 g/mol. The molecule has 5 amide bonds. The predicted molar refractivity (Wildman–Crippen MR) is 103 cm³/mol. The molecule has 2 N–H and O–H groups in total. The summed E-state index contributed by atoms with van der Waals surface area (Å²) in [5, 5.41) is 4.61. The molecule has 29 heavy (non-hydrogen) atoms. The molecule has 2 rings (SSSR count). The van der Waals surface area contributed by atoms with Gasteiger partial charge in [0.2, 0.25) is 0 Å². The number of imide groups is 2. The molecule has 0 saturated heterocycles. The second-order valence-electron chi connectivity index (χ2n) is 6.78. The van der Waals surface area contributed by atoms with Crippen molar-refractivity contribution in [3.05, 3.63) is 34.9 Å². The maximum absolute atomic E-state index is 12.4. The Morgan fingerprint density at radius 3 is 2.45 bits per heavy atom. The predicted octanol–water partition coefficient (Wildman–Crippen LogP) is 1.86. The molecule has 0 unspecified atom stereocenters. The molecule has 1 aromatic carbocycles. The number of ether oxygens (including phenoxy) is 1. The van der Waals surface area contributed by atoms with Crippen LogP contribution in [0.3, 0.4) is 0 Å². The van der Waals surface area contributed by atoms with Crippen molar-refractivity contribution in [3.8, 4) is 0 Å². The summed E-state index contributed by atoms with van der Waals surface area (Å²) in [7, 11) is 0. The lowest BCUT2D eigenvalue weighted by atomic mass is 10.1. The Bertz CT molecular complexity index is 836. The van der Waals surface area contributed by atoms with E-state index in [4.69, 9.17) is 4.74 Å². The first kappa shape index (κ1) is 22.1. The first-order valence-electron chi connectivity index (χ1n) is 9.56. The number of amides is 5. The minimum absolute atomic E-state index is 0.0408. The fourth-order valence-electron chi connectivity index (χ4n) is 2.68. The second kappa shape index (κ2) is 9.81. The Morgan fingerprint density at radius 1 is 1.10 bits per heavy atom. The van der Waals surface area contributed by atoms with E-state index < -0.39 is 30.4 Å². The van der Waals surface area contributed by atoms with Crippen molar-refractivity contribution in [1.82, 2.24) is 15.5 Å².